The number of aliphatic hydroxyl groups is 1. The van der Waals surface area contributed by atoms with Crippen molar-refractivity contribution in [2.24, 2.45) is 14.1 Å². The minimum Gasteiger partial charge on any atom is -0.382 e. The molecular formula is C11H16ClN5O. The molecule has 2 rings (SSSR count). The molecule has 0 saturated heterocycles. The van der Waals surface area contributed by atoms with Gasteiger partial charge in [-0.25, -0.2) is 4.68 Å². The van der Waals surface area contributed by atoms with Crippen molar-refractivity contribution in [3.05, 3.63) is 28.3 Å². The predicted molar refractivity (Wildman–Crippen MR) is 67.4 cm³/mol. The molecule has 98 valence electrons. The summed E-state index contributed by atoms with van der Waals surface area (Å²) in [5.74, 6) is 0.175. The van der Waals surface area contributed by atoms with Crippen LogP contribution in [-0.2, 0) is 14.1 Å². The van der Waals surface area contributed by atoms with Crippen molar-refractivity contribution in [3.8, 4) is 0 Å². The van der Waals surface area contributed by atoms with Gasteiger partial charge in [0, 0.05) is 19.7 Å². The van der Waals surface area contributed by atoms with Gasteiger partial charge in [-0.2, -0.15) is 5.10 Å². The molecule has 0 spiro atoms. The maximum Gasteiger partial charge on any atom is 0.133 e. The number of nitrogens with zero attached hydrogens (tertiary/aromatic N) is 5. The Bertz CT molecular complexity index is 560. The first-order chi connectivity index (χ1) is 8.43. The highest BCUT2D eigenvalue weighted by molar-refractivity contribution is 6.30. The minimum absolute atomic E-state index is 0.175. The van der Waals surface area contributed by atoms with E-state index in [0.717, 1.165) is 5.69 Å². The fraction of sp³-hybridized carbons (Fsp3) is 0.545. The molecular weight excluding hydrogens is 254 g/mol. The molecule has 2 aromatic heterocycles. The number of hydrogen-bond donors (Lipinski definition) is 1. The van der Waals surface area contributed by atoms with Crippen LogP contribution in [0.5, 0.6) is 0 Å². The fourth-order valence-corrected chi connectivity index (χ4v) is 2.15. The van der Waals surface area contributed by atoms with Gasteiger partial charge < -0.3 is 5.11 Å². The molecule has 0 aliphatic carbocycles. The number of hydrogen-bond acceptors (Lipinski definition) is 4. The molecule has 1 N–H and O–H groups in total. The van der Waals surface area contributed by atoms with Crippen LogP contribution in [0.15, 0.2) is 6.20 Å². The molecule has 0 fully saturated rings. The largest absolute Gasteiger partial charge is 0.382 e. The number of aromatic nitrogens is 5. The first kappa shape index (κ1) is 13.0. The van der Waals surface area contributed by atoms with E-state index in [4.69, 9.17) is 11.6 Å². The Hall–Kier alpha value is -1.40. The van der Waals surface area contributed by atoms with Crippen LogP contribution in [0.2, 0.25) is 5.15 Å². The summed E-state index contributed by atoms with van der Waals surface area (Å²) in [5.41, 5.74) is 2.00. The second kappa shape index (κ2) is 4.70. The molecule has 7 heteroatoms. The van der Waals surface area contributed by atoms with Crippen LogP contribution < -0.4 is 0 Å². The average molecular weight is 270 g/mol. The Morgan fingerprint density at radius 2 is 1.94 bits per heavy atom. The van der Waals surface area contributed by atoms with E-state index >= 15 is 0 Å². The van der Waals surface area contributed by atoms with E-state index in [9.17, 15) is 5.11 Å². The Balaban J connectivity index is 2.54. The van der Waals surface area contributed by atoms with Gasteiger partial charge in [0.05, 0.1) is 17.6 Å². The summed E-state index contributed by atoms with van der Waals surface area (Å²) in [7, 11) is 3.48. The summed E-state index contributed by atoms with van der Waals surface area (Å²) >= 11 is 6.21. The van der Waals surface area contributed by atoms with Crippen LogP contribution in [0.1, 0.15) is 42.8 Å². The third-order valence-corrected chi connectivity index (χ3v) is 3.34. The third-order valence-electron chi connectivity index (χ3n) is 2.89. The average Bonchev–Trinajstić information content (AvgIpc) is 2.84. The first-order valence-corrected chi connectivity index (χ1v) is 6.06. The number of rotatable bonds is 3. The molecule has 0 radical (unpaired) electrons. The van der Waals surface area contributed by atoms with Crippen molar-refractivity contribution in [1.82, 2.24) is 24.8 Å². The molecule has 1 atom stereocenters. The van der Waals surface area contributed by atoms with Gasteiger partial charge in [0.15, 0.2) is 0 Å². The summed E-state index contributed by atoms with van der Waals surface area (Å²) in [6, 6.07) is 0. The monoisotopic (exact) mass is 269 g/mol. The molecule has 18 heavy (non-hydrogen) atoms. The van der Waals surface area contributed by atoms with E-state index in [1.54, 1.807) is 18.8 Å². The van der Waals surface area contributed by atoms with Gasteiger partial charge in [-0.1, -0.05) is 30.7 Å². The van der Waals surface area contributed by atoms with E-state index in [0.29, 0.717) is 16.4 Å². The molecule has 0 bridgehead atoms. The Kier molecular flexibility index (Phi) is 3.41. The smallest absolute Gasteiger partial charge is 0.133 e. The first-order valence-electron chi connectivity index (χ1n) is 5.68. The van der Waals surface area contributed by atoms with E-state index < -0.39 is 6.10 Å². The topological polar surface area (TPSA) is 68.8 Å². The van der Waals surface area contributed by atoms with Crippen molar-refractivity contribution >= 4 is 11.6 Å². The molecule has 2 heterocycles. The molecule has 1 unspecified atom stereocenters. The van der Waals surface area contributed by atoms with Gasteiger partial charge in [0.25, 0.3) is 0 Å². The normalized spacial score (nSPS) is 13.3. The predicted octanol–water partition coefficient (Wildman–Crippen LogP) is 1.41. The zero-order valence-electron chi connectivity index (χ0n) is 10.8. The highest BCUT2D eigenvalue weighted by atomic mass is 35.5. The lowest BCUT2D eigenvalue weighted by atomic mass is 10.0. The molecule has 0 saturated carbocycles. The summed E-state index contributed by atoms with van der Waals surface area (Å²) in [4.78, 5) is 0. The van der Waals surface area contributed by atoms with E-state index in [1.165, 1.54) is 10.9 Å². The van der Waals surface area contributed by atoms with E-state index in [-0.39, 0.29) is 5.92 Å². The van der Waals surface area contributed by atoms with Gasteiger partial charge in [-0.15, -0.1) is 5.10 Å². The standard InChI is InChI=1S/C11H16ClN5O/c1-6(2)9-8(11(12)17(4)14-9)10(18)7-5-13-15-16(7)3/h5-6,10,18H,1-4H3. The van der Waals surface area contributed by atoms with Crippen LogP contribution in [0.4, 0.5) is 0 Å². The molecule has 0 aliphatic heterocycles. The van der Waals surface area contributed by atoms with Crippen molar-refractivity contribution in [2.45, 2.75) is 25.9 Å². The number of aryl methyl sites for hydroxylation is 2. The van der Waals surface area contributed by atoms with E-state index in [1.807, 2.05) is 13.8 Å². The Morgan fingerprint density at radius 1 is 1.28 bits per heavy atom. The molecule has 0 aliphatic rings. The van der Waals surface area contributed by atoms with Crippen molar-refractivity contribution < 1.29 is 5.11 Å². The summed E-state index contributed by atoms with van der Waals surface area (Å²) in [6.45, 7) is 4.02. The molecule has 6 nitrogen and oxygen atoms in total. The lowest BCUT2D eigenvalue weighted by Crippen LogP contribution is -2.09. The van der Waals surface area contributed by atoms with Crippen molar-refractivity contribution in [3.63, 3.8) is 0 Å². The van der Waals surface area contributed by atoms with Crippen LogP contribution >= 0.6 is 11.6 Å². The Labute approximate surface area is 110 Å². The van der Waals surface area contributed by atoms with Crippen LogP contribution in [0.3, 0.4) is 0 Å². The zero-order chi connectivity index (χ0) is 13.4. The minimum atomic E-state index is -0.872. The third kappa shape index (κ3) is 2.02. The van der Waals surface area contributed by atoms with E-state index in [2.05, 4.69) is 15.4 Å². The molecule has 2 aromatic rings. The zero-order valence-corrected chi connectivity index (χ0v) is 11.5. The van der Waals surface area contributed by atoms with Crippen LogP contribution in [0, 0.1) is 0 Å². The molecule has 0 amide bonds. The van der Waals surface area contributed by atoms with Gasteiger partial charge in [-0.3, -0.25) is 4.68 Å². The molecule has 0 aromatic carbocycles. The highest BCUT2D eigenvalue weighted by Crippen LogP contribution is 2.33. The van der Waals surface area contributed by atoms with Crippen molar-refractivity contribution in [2.75, 3.05) is 0 Å². The summed E-state index contributed by atoms with van der Waals surface area (Å²) in [5, 5.41) is 22.8. The van der Waals surface area contributed by atoms with Gasteiger partial charge in [0.1, 0.15) is 11.3 Å². The summed E-state index contributed by atoms with van der Waals surface area (Å²) < 4.78 is 3.09. The lowest BCUT2D eigenvalue weighted by Gasteiger charge is -2.12. The second-order valence-corrected chi connectivity index (χ2v) is 4.91. The Morgan fingerprint density at radius 3 is 2.44 bits per heavy atom. The van der Waals surface area contributed by atoms with Gasteiger partial charge in [-0.05, 0) is 5.92 Å². The highest BCUT2D eigenvalue weighted by Gasteiger charge is 2.26. The van der Waals surface area contributed by atoms with Crippen LogP contribution in [0.25, 0.3) is 0 Å². The number of halogens is 1. The lowest BCUT2D eigenvalue weighted by molar-refractivity contribution is 0.208. The second-order valence-electron chi connectivity index (χ2n) is 4.55. The van der Waals surface area contributed by atoms with Crippen LogP contribution in [-0.4, -0.2) is 29.9 Å². The maximum atomic E-state index is 10.4. The SMILES string of the molecule is CC(C)c1nn(C)c(Cl)c1C(O)c1cnnn1C. The van der Waals surface area contributed by atoms with Gasteiger partial charge in [0.2, 0.25) is 0 Å². The fourth-order valence-electron chi connectivity index (χ4n) is 1.91. The van der Waals surface area contributed by atoms with Gasteiger partial charge >= 0.3 is 0 Å². The maximum absolute atomic E-state index is 10.4. The van der Waals surface area contributed by atoms with Crippen molar-refractivity contribution in [1.29, 1.82) is 0 Å². The quantitative estimate of drug-likeness (QED) is 0.915. The number of aliphatic hydroxyl groups excluding tert-OH is 1. The summed E-state index contributed by atoms with van der Waals surface area (Å²) in [6.07, 6.45) is 0.654.